The third-order valence-corrected chi connectivity index (χ3v) is 5.43. The Bertz CT molecular complexity index is 1050. The van der Waals surface area contributed by atoms with Crippen molar-refractivity contribution in [3.8, 4) is 11.4 Å². The minimum absolute atomic E-state index is 0.0340. The van der Waals surface area contributed by atoms with Crippen molar-refractivity contribution in [3.63, 3.8) is 0 Å². The molecule has 9 heteroatoms. The molecule has 0 radical (unpaired) electrons. The summed E-state index contributed by atoms with van der Waals surface area (Å²) < 4.78 is 7.34. The van der Waals surface area contributed by atoms with Crippen LogP contribution in [0.15, 0.2) is 47.6 Å². The van der Waals surface area contributed by atoms with Crippen LogP contribution >= 0.6 is 11.8 Å². The molecule has 1 heterocycles. The van der Waals surface area contributed by atoms with Crippen LogP contribution < -0.4 is 10.1 Å². The number of non-ortho nitro benzene ring substituents is 1. The van der Waals surface area contributed by atoms with Crippen molar-refractivity contribution in [3.05, 3.63) is 52.6 Å². The molecule has 1 N–H and O–H groups in total. The van der Waals surface area contributed by atoms with Crippen LogP contribution in [-0.2, 0) is 4.79 Å². The number of nitro benzene ring substituents is 1. The number of nitro groups is 1. The molecule has 1 aromatic heterocycles. The number of thioether (sulfide) groups is 1. The Morgan fingerprint density at radius 1 is 1.34 bits per heavy atom. The molecule has 2 aromatic carbocycles. The van der Waals surface area contributed by atoms with E-state index in [4.69, 9.17) is 4.74 Å². The van der Waals surface area contributed by atoms with Crippen molar-refractivity contribution in [1.29, 1.82) is 0 Å². The zero-order chi connectivity index (χ0) is 21.0. The van der Waals surface area contributed by atoms with Gasteiger partial charge in [-0.2, -0.15) is 0 Å². The summed E-state index contributed by atoms with van der Waals surface area (Å²) in [5, 5.41) is 14.6. The summed E-state index contributed by atoms with van der Waals surface area (Å²) in [6, 6.07) is 12.1. The van der Waals surface area contributed by atoms with Crippen LogP contribution in [0.3, 0.4) is 0 Å². The van der Waals surface area contributed by atoms with Crippen molar-refractivity contribution in [2.75, 3.05) is 12.9 Å². The van der Waals surface area contributed by atoms with Gasteiger partial charge in [0.1, 0.15) is 5.75 Å². The van der Waals surface area contributed by atoms with E-state index in [9.17, 15) is 14.9 Å². The highest BCUT2D eigenvalue weighted by Crippen LogP contribution is 2.33. The highest BCUT2D eigenvalue weighted by Gasteiger charge is 2.19. The van der Waals surface area contributed by atoms with Gasteiger partial charge in [-0.1, -0.05) is 30.8 Å². The highest BCUT2D eigenvalue weighted by atomic mass is 32.2. The Morgan fingerprint density at radius 3 is 2.79 bits per heavy atom. The van der Waals surface area contributed by atoms with Gasteiger partial charge < -0.3 is 10.1 Å². The van der Waals surface area contributed by atoms with Crippen molar-refractivity contribution < 1.29 is 14.5 Å². The second-order valence-electron chi connectivity index (χ2n) is 6.50. The molecule has 1 unspecified atom stereocenters. The molecule has 0 saturated heterocycles. The Labute approximate surface area is 172 Å². The van der Waals surface area contributed by atoms with E-state index < -0.39 is 4.92 Å². The van der Waals surface area contributed by atoms with Crippen molar-refractivity contribution >= 4 is 34.4 Å². The van der Waals surface area contributed by atoms with Gasteiger partial charge in [0.05, 0.1) is 34.5 Å². The molecule has 29 heavy (non-hydrogen) atoms. The number of aromatic nitrogens is 2. The van der Waals surface area contributed by atoms with E-state index in [-0.39, 0.29) is 23.4 Å². The quantitative estimate of drug-likeness (QED) is 0.340. The standard InChI is InChI=1S/C20H22N4O4S/c1-4-13(2)21-19(25)12-29-20-22-15-11-14(24(26)27)9-10-16(15)23(20)17-7-5-6-8-18(17)28-3/h5-11,13H,4,12H2,1-3H3,(H,21,25). The largest absolute Gasteiger partial charge is 0.495 e. The number of hydrogen-bond acceptors (Lipinski definition) is 6. The summed E-state index contributed by atoms with van der Waals surface area (Å²) in [5.74, 6) is 0.732. The van der Waals surface area contributed by atoms with Crippen LogP contribution in [0.1, 0.15) is 20.3 Å². The van der Waals surface area contributed by atoms with E-state index in [1.165, 1.54) is 23.9 Å². The van der Waals surface area contributed by atoms with Gasteiger partial charge in [0.2, 0.25) is 5.91 Å². The molecule has 1 atom stereocenters. The lowest BCUT2D eigenvalue weighted by molar-refractivity contribution is -0.384. The minimum atomic E-state index is -0.450. The molecular formula is C20H22N4O4S. The SMILES string of the molecule is CCC(C)NC(=O)CSc1nc2cc([N+](=O)[O-])ccc2n1-c1ccccc1OC. The number of fused-ring (bicyclic) bond motifs is 1. The van der Waals surface area contributed by atoms with Crippen LogP contribution in [0.2, 0.25) is 0 Å². The van der Waals surface area contributed by atoms with Gasteiger partial charge in [-0.3, -0.25) is 19.5 Å². The number of imidazole rings is 1. The van der Waals surface area contributed by atoms with Crippen LogP contribution in [0.4, 0.5) is 5.69 Å². The third kappa shape index (κ3) is 4.51. The molecule has 0 saturated carbocycles. The maximum absolute atomic E-state index is 12.2. The molecular weight excluding hydrogens is 392 g/mol. The molecule has 8 nitrogen and oxygen atoms in total. The monoisotopic (exact) mass is 414 g/mol. The number of carbonyl (C=O) groups excluding carboxylic acids is 1. The van der Waals surface area contributed by atoms with Gasteiger partial charge in [-0.15, -0.1) is 0 Å². The second kappa shape index (κ2) is 8.95. The van der Waals surface area contributed by atoms with Gasteiger partial charge in [0.15, 0.2) is 5.16 Å². The average Bonchev–Trinajstić information content (AvgIpc) is 3.09. The number of methoxy groups -OCH3 is 1. The number of nitrogens with one attached hydrogen (secondary N) is 1. The van der Waals surface area contributed by atoms with Crippen LogP contribution in [0, 0.1) is 10.1 Å². The second-order valence-corrected chi connectivity index (χ2v) is 7.44. The first-order valence-corrected chi connectivity index (χ1v) is 10.2. The molecule has 0 fully saturated rings. The lowest BCUT2D eigenvalue weighted by atomic mass is 10.2. The molecule has 0 bridgehead atoms. The topological polar surface area (TPSA) is 99.3 Å². The van der Waals surface area contributed by atoms with Crippen LogP contribution in [0.25, 0.3) is 16.7 Å². The normalized spacial score (nSPS) is 12.0. The zero-order valence-electron chi connectivity index (χ0n) is 16.4. The number of benzene rings is 2. The lowest BCUT2D eigenvalue weighted by Crippen LogP contribution is -2.33. The summed E-state index contributed by atoms with van der Waals surface area (Å²) in [6.07, 6.45) is 0.847. The van der Waals surface area contributed by atoms with E-state index in [0.29, 0.717) is 21.9 Å². The molecule has 0 spiro atoms. The lowest BCUT2D eigenvalue weighted by Gasteiger charge is -2.14. The van der Waals surface area contributed by atoms with Crippen LogP contribution in [-0.4, -0.2) is 39.3 Å². The minimum Gasteiger partial charge on any atom is -0.495 e. The first-order valence-electron chi connectivity index (χ1n) is 9.17. The van der Waals surface area contributed by atoms with E-state index in [0.717, 1.165) is 12.1 Å². The molecule has 0 aliphatic heterocycles. The van der Waals surface area contributed by atoms with E-state index in [2.05, 4.69) is 10.3 Å². The molecule has 3 rings (SSSR count). The predicted octanol–water partition coefficient (Wildman–Crippen LogP) is 3.95. The zero-order valence-corrected chi connectivity index (χ0v) is 17.2. The fraction of sp³-hybridized carbons (Fsp3) is 0.300. The van der Waals surface area contributed by atoms with Crippen LogP contribution in [0.5, 0.6) is 5.75 Å². The molecule has 152 valence electrons. The number of rotatable bonds is 8. The van der Waals surface area contributed by atoms with E-state index in [1.807, 2.05) is 42.7 Å². The van der Waals surface area contributed by atoms with Gasteiger partial charge in [-0.05, 0) is 31.5 Å². The highest BCUT2D eigenvalue weighted by molar-refractivity contribution is 7.99. The fourth-order valence-electron chi connectivity index (χ4n) is 2.85. The first kappa shape index (κ1) is 20.7. The Kier molecular flexibility index (Phi) is 6.38. The maximum atomic E-state index is 12.2. The van der Waals surface area contributed by atoms with Crippen molar-refractivity contribution in [1.82, 2.24) is 14.9 Å². The number of para-hydroxylation sites is 2. The summed E-state index contributed by atoms with van der Waals surface area (Å²) in [5.41, 5.74) is 1.89. The summed E-state index contributed by atoms with van der Waals surface area (Å²) >= 11 is 1.28. The smallest absolute Gasteiger partial charge is 0.271 e. The van der Waals surface area contributed by atoms with E-state index in [1.54, 1.807) is 13.2 Å². The Hall–Kier alpha value is -3.07. The van der Waals surface area contributed by atoms with Gasteiger partial charge in [0.25, 0.3) is 5.69 Å². The van der Waals surface area contributed by atoms with Gasteiger partial charge in [-0.25, -0.2) is 4.98 Å². The average molecular weight is 414 g/mol. The summed E-state index contributed by atoms with van der Waals surface area (Å²) in [4.78, 5) is 27.5. The maximum Gasteiger partial charge on any atom is 0.271 e. The summed E-state index contributed by atoms with van der Waals surface area (Å²) in [7, 11) is 1.58. The van der Waals surface area contributed by atoms with E-state index >= 15 is 0 Å². The molecule has 3 aromatic rings. The third-order valence-electron chi connectivity index (χ3n) is 4.50. The number of nitrogens with zero attached hydrogens (tertiary/aromatic N) is 3. The number of hydrogen-bond donors (Lipinski definition) is 1. The van der Waals surface area contributed by atoms with Gasteiger partial charge in [0, 0.05) is 18.2 Å². The Balaban J connectivity index is 2.05. The van der Waals surface area contributed by atoms with Crippen molar-refractivity contribution in [2.45, 2.75) is 31.5 Å². The molecule has 0 aliphatic carbocycles. The molecule has 1 amide bonds. The number of ether oxygens (including phenoxy) is 1. The first-order chi connectivity index (χ1) is 13.9. The number of carbonyl (C=O) groups is 1. The number of amides is 1. The molecule has 0 aliphatic rings. The van der Waals surface area contributed by atoms with Gasteiger partial charge >= 0.3 is 0 Å². The predicted molar refractivity (Wildman–Crippen MR) is 113 cm³/mol. The Morgan fingerprint density at radius 2 is 2.10 bits per heavy atom. The fourth-order valence-corrected chi connectivity index (χ4v) is 3.69. The van der Waals surface area contributed by atoms with Crippen molar-refractivity contribution in [2.24, 2.45) is 0 Å². The summed E-state index contributed by atoms with van der Waals surface area (Å²) in [6.45, 7) is 3.96.